The van der Waals surface area contributed by atoms with E-state index in [0.717, 1.165) is 11.3 Å². The van der Waals surface area contributed by atoms with Gasteiger partial charge in [0.1, 0.15) is 11.5 Å². The van der Waals surface area contributed by atoms with Gasteiger partial charge >= 0.3 is 0 Å². The molecule has 0 aliphatic heterocycles. The van der Waals surface area contributed by atoms with Crippen LogP contribution in [0.15, 0.2) is 85.7 Å². The number of benzene rings is 1. The molecular formula is C21H17N5O2. The van der Waals surface area contributed by atoms with Crippen molar-refractivity contribution < 1.29 is 9.47 Å². The van der Waals surface area contributed by atoms with Crippen molar-refractivity contribution in [3.63, 3.8) is 0 Å². The predicted octanol–water partition coefficient (Wildman–Crippen LogP) is 4.46. The average Bonchev–Trinajstić information content (AvgIpc) is 2.76. The molecule has 4 aromatic rings. The average molecular weight is 371 g/mol. The Morgan fingerprint density at radius 2 is 1.54 bits per heavy atom. The highest BCUT2D eigenvalue weighted by molar-refractivity contribution is 5.43. The van der Waals surface area contributed by atoms with Gasteiger partial charge in [0.25, 0.3) is 0 Å². The van der Waals surface area contributed by atoms with Crippen LogP contribution >= 0.6 is 0 Å². The second kappa shape index (κ2) is 8.59. The summed E-state index contributed by atoms with van der Waals surface area (Å²) in [4.78, 5) is 16.4. The van der Waals surface area contributed by atoms with Crippen LogP contribution in [-0.4, -0.2) is 19.9 Å². The molecule has 1 aromatic carbocycles. The highest BCUT2D eigenvalue weighted by Crippen LogP contribution is 2.21. The van der Waals surface area contributed by atoms with E-state index in [-0.39, 0.29) is 0 Å². The normalized spacial score (nSPS) is 10.3. The Morgan fingerprint density at radius 1 is 0.679 bits per heavy atom. The summed E-state index contributed by atoms with van der Waals surface area (Å²) in [5, 5.41) is 3.33. The van der Waals surface area contributed by atoms with Gasteiger partial charge in [0.15, 0.2) is 0 Å². The Labute approximate surface area is 162 Å². The fourth-order valence-corrected chi connectivity index (χ4v) is 2.41. The molecule has 3 aromatic heterocycles. The number of hydrogen-bond donors (Lipinski definition) is 1. The van der Waals surface area contributed by atoms with E-state index in [0.29, 0.717) is 29.8 Å². The molecule has 0 aliphatic rings. The van der Waals surface area contributed by atoms with Crippen molar-refractivity contribution >= 4 is 5.69 Å². The summed E-state index contributed by atoms with van der Waals surface area (Å²) in [5.41, 5.74) is 2.01. The van der Waals surface area contributed by atoms with Gasteiger partial charge in [-0.3, -0.25) is 9.97 Å². The minimum Gasteiger partial charge on any atom is -0.438 e. The summed E-state index contributed by atoms with van der Waals surface area (Å²) >= 11 is 0. The van der Waals surface area contributed by atoms with Crippen LogP contribution in [0.3, 0.4) is 0 Å². The third-order valence-corrected chi connectivity index (χ3v) is 3.78. The SMILES string of the molecule is c1cncc(Oc2ccc(NCc3ccc(Oc4cnccn4)cc3)cn2)c1. The number of pyridine rings is 2. The zero-order chi connectivity index (χ0) is 19.0. The van der Waals surface area contributed by atoms with Gasteiger partial charge in [0.2, 0.25) is 11.8 Å². The summed E-state index contributed by atoms with van der Waals surface area (Å²) in [6.45, 7) is 0.663. The van der Waals surface area contributed by atoms with E-state index in [9.17, 15) is 0 Å². The Hall–Kier alpha value is -4.00. The molecule has 4 rings (SSSR count). The van der Waals surface area contributed by atoms with E-state index in [1.807, 2.05) is 48.5 Å². The summed E-state index contributed by atoms with van der Waals surface area (Å²) in [7, 11) is 0. The Bertz CT molecular complexity index is 909. The zero-order valence-corrected chi connectivity index (χ0v) is 14.9. The largest absolute Gasteiger partial charge is 0.438 e. The Balaban J connectivity index is 1.30. The molecule has 1 N–H and O–H groups in total. The molecule has 0 saturated heterocycles. The number of nitrogens with one attached hydrogen (secondary N) is 1. The lowest BCUT2D eigenvalue weighted by molar-refractivity contribution is 0.460. The molecule has 0 atom stereocenters. The molecule has 3 heterocycles. The lowest BCUT2D eigenvalue weighted by atomic mass is 10.2. The molecular weight excluding hydrogens is 354 g/mol. The predicted molar refractivity (Wildman–Crippen MR) is 104 cm³/mol. The monoisotopic (exact) mass is 371 g/mol. The lowest BCUT2D eigenvalue weighted by Crippen LogP contribution is -2.00. The molecule has 0 spiro atoms. The minimum absolute atomic E-state index is 0.466. The van der Waals surface area contributed by atoms with E-state index in [1.165, 1.54) is 0 Å². The van der Waals surface area contributed by atoms with Crippen LogP contribution in [0, 0.1) is 0 Å². The first kappa shape index (κ1) is 17.4. The highest BCUT2D eigenvalue weighted by atomic mass is 16.5. The maximum atomic E-state index is 5.64. The first-order valence-electron chi connectivity index (χ1n) is 8.66. The van der Waals surface area contributed by atoms with Gasteiger partial charge < -0.3 is 14.8 Å². The standard InChI is InChI=1S/C21H17N5O2/c1-2-19(14-22-9-1)28-20-8-5-17(13-26-20)25-12-16-3-6-18(7-4-16)27-21-15-23-10-11-24-21/h1-11,13-15,25H,12H2. The molecule has 7 nitrogen and oxygen atoms in total. The molecule has 0 fully saturated rings. The van der Waals surface area contributed by atoms with Crippen LogP contribution in [0.1, 0.15) is 5.56 Å². The van der Waals surface area contributed by atoms with Crippen LogP contribution in [0.2, 0.25) is 0 Å². The number of ether oxygens (including phenoxy) is 2. The number of aromatic nitrogens is 4. The molecule has 7 heteroatoms. The van der Waals surface area contributed by atoms with Crippen molar-refractivity contribution in [3.05, 3.63) is 91.3 Å². The van der Waals surface area contributed by atoms with E-state index in [1.54, 1.807) is 37.2 Å². The summed E-state index contributed by atoms with van der Waals surface area (Å²) in [5.74, 6) is 2.35. The number of anilines is 1. The Kier molecular flexibility index (Phi) is 5.34. The van der Waals surface area contributed by atoms with Crippen LogP contribution < -0.4 is 14.8 Å². The molecule has 0 amide bonds. The first-order chi connectivity index (χ1) is 13.8. The Morgan fingerprint density at radius 3 is 2.25 bits per heavy atom. The summed E-state index contributed by atoms with van der Waals surface area (Å²) < 4.78 is 11.3. The smallest absolute Gasteiger partial charge is 0.237 e. The highest BCUT2D eigenvalue weighted by Gasteiger charge is 2.01. The van der Waals surface area contributed by atoms with E-state index >= 15 is 0 Å². The third kappa shape index (κ3) is 4.79. The van der Waals surface area contributed by atoms with E-state index < -0.39 is 0 Å². The zero-order valence-electron chi connectivity index (χ0n) is 14.9. The van der Waals surface area contributed by atoms with Gasteiger partial charge in [-0.25, -0.2) is 9.97 Å². The maximum absolute atomic E-state index is 5.64. The second-order valence-corrected chi connectivity index (χ2v) is 5.82. The van der Waals surface area contributed by atoms with Crippen molar-refractivity contribution in [1.29, 1.82) is 0 Å². The topological polar surface area (TPSA) is 82.0 Å². The second-order valence-electron chi connectivity index (χ2n) is 5.82. The number of rotatable bonds is 7. The van der Waals surface area contributed by atoms with Crippen molar-refractivity contribution in [2.24, 2.45) is 0 Å². The fraction of sp³-hybridized carbons (Fsp3) is 0.0476. The number of nitrogens with zero attached hydrogens (tertiary/aromatic N) is 4. The van der Waals surface area contributed by atoms with Gasteiger partial charge in [-0.05, 0) is 35.9 Å². The summed E-state index contributed by atoms with van der Waals surface area (Å²) in [6.07, 6.45) is 9.84. The van der Waals surface area contributed by atoms with Gasteiger partial charge in [0, 0.05) is 31.2 Å². The molecule has 0 saturated carbocycles. The van der Waals surface area contributed by atoms with Crippen molar-refractivity contribution in [2.45, 2.75) is 6.54 Å². The van der Waals surface area contributed by atoms with E-state index in [4.69, 9.17) is 9.47 Å². The van der Waals surface area contributed by atoms with Gasteiger partial charge in [-0.2, -0.15) is 0 Å². The van der Waals surface area contributed by atoms with E-state index in [2.05, 4.69) is 25.3 Å². The van der Waals surface area contributed by atoms with Crippen LogP contribution in [0.4, 0.5) is 5.69 Å². The third-order valence-electron chi connectivity index (χ3n) is 3.78. The maximum Gasteiger partial charge on any atom is 0.237 e. The summed E-state index contributed by atoms with van der Waals surface area (Å²) in [6, 6.07) is 15.2. The van der Waals surface area contributed by atoms with Crippen molar-refractivity contribution in [2.75, 3.05) is 5.32 Å². The van der Waals surface area contributed by atoms with Gasteiger partial charge in [-0.1, -0.05) is 12.1 Å². The van der Waals surface area contributed by atoms with Crippen molar-refractivity contribution in [3.8, 4) is 23.3 Å². The number of hydrogen-bond acceptors (Lipinski definition) is 7. The minimum atomic E-state index is 0.466. The molecule has 138 valence electrons. The van der Waals surface area contributed by atoms with Gasteiger partial charge in [0.05, 0.1) is 24.3 Å². The molecule has 0 unspecified atom stereocenters. The molecule has 28 heavy (non-hydrogen) atoms. The quantitative estimate of drug-likeness (QED) is 0.513. The lowest BCUT2D eigenvalue weighted by Gasteiger charge is -2.09. The van der Waals surface area contributed by atoms with Crippen LogP contribution in [-0.2, 0) is 6.54 Å². The molecule has 0 aliphatic carbocycles. The first-order valence-corrected chi connectivity index (χ1v) is 8.66. The molecule has 0 radical (unpaired) electrons. The van der Waals surface area contributed by atoms with Crippen LogP contribution in [0.25, 0.3) is 0 Å². The van der Waals surface area contributed by atoms with Gasteiger partial charge in [-0.15, -0.1) is 0 Å². The van der Waals surface area contributed by atoms with Crippen molar-refractivity contribution in [1.82, 2.24) is 19.9 Å². The molecule has 0 bridgehead atoms. The fourth-order valence-electron chi connectivity index (χ4n) is 2.41. The van der Waals surface area contributed by atoms with Crippen LogP contribution in [0.5, 0.6) is 23.3 Å².